The monoisotopic (exact) mass is 361 g/mol. The number of ether oxygens (including phenoxy) is 1. The lowest BCUT2D eigenvalue weighted by molar-refractivity contribution is 0.0526. The fourth-order valence-corrected chi connectivity index (χ4v) is 3.38. The van der Waals surface area contributed by atoms with Crippen molar-refractivity contribution in [2.24, 2.45) is 0 Å². The van der Waals surface area contributed by atoms with Crippen molar-refractivity contribution in [1.82, 2.24) is 14.5 Å². The predicted molar refractivity (Wildman–Crippen MR) is 104 cm³/mol. The SMILES string of the molecule is CCOC(=O)c1c(C)[nH]c(-c2ccccc2)c1-n1c(=O)[nH]c2ccccc21. The molecule has 0 saturated heterocycles. The molecule has 2 aromatic carbocycles. The quantitative estimate of drug-likeness (QED) is 0.543. The molecule has 136 valence electrons. The van der Waals surface area contributed by atoms with Crippen molar-refractivity contribution in [2.75, 3.05) is 6.61 Å². The number of nitrogens with one attached hydrogen (secondary N) is 2. The van der Waals surface area contributed by atoms with Gasteiger partial charge in [0.2, 0.25) is 0 Å². The van der Waals surface area contributed by atoms with E-state index in [1.165, 1.54) is 4.57 Å². The van der Waals surface area contributed by atoms with Crippen molar-refractivity contribution < 1.29 is 9.53 Å². The standard InChI is InChI=1S/C21H19N3O3/c1-3-27-20(25)17-13(2)22-18(14-9-5-4-6-10-14)19(17)24-16-12-8-7-11-15(16)23-21(24)26/h4-12,22H,3H2,1-2H3,(H,23,26). The van der Waals surface area contributed by atoms with E-state index in [1.807, 2.05) is 61.5 Å². The van der Waals surface area contributed by atoms with Gasteiger partial charge in [0.05, 0.1) is 29.0 Å². The van der Waals surface area contributed by atoms with Gasteiger partial charge in [0.15, 0.2) is 0 Å². The number of H-pyrrole nitrogens is 2. The van der Waals surface area contributed by atoms with Crippen molar-refractivity contribution >= 4 is 17.0 Å². The zero-order valence-corrected chi connectivity index (χ0v) is 15.1. The number of benzene rings is 2. The fourth-order valence-electron chi connectivity index (χ4n) is 3.38. The van der Waals surface area contributed by atoms with E-state index >= 15 is 0 Å². The molecule has 0 amide bonds. The molecule has 0 unspecified atom stereocenters. The highest BCUT2D eigenvalue weighted by atomic mass is 16.5. The average Bonchev–Trinajstić information content (AvgIpc) is 3.18. The second-order valence-electron chi connectivity index (χ2n) is 6.22. The highest BCUT2D eigenvalue weighted by Gasteiger charge is 2.26. The van der Waals surface area contributed by atoms with Crippen LogP contribution in [0.2, 0.25) is 0 Å². The Hall–Kier alpha value is -3.54. The molecule has 27 heavy (non-hydrogen) atoms. The molecule has 0 radical (unpaired) electrons. The van der Waals surface area contributed by atoms with Crippen LogP contribution in [0.5, 0.6) is 0 Å². The molecule has 0 bridgehead atoms. The van der Waals surface area contributed by atoms with Crippen LogP contribution >= 0.6 is 0 Å². The maximum atomic E-state index is 12.8. The molecule has 0 aliphatic carbocycles. The van der Waals surface area contributed by atoms with E-state index in [0.29, 0.717) is 33.7 Å². The van der Waals surface area contributed by atoms with E-state index in [0.717, 1.165) is 5.56 Å². The van der Waals surface area contributed by atoms with Gasteiger partial charge in [-0.05, 0) is 26.0 Å². The number of imidazole rings is 1. The maximum absolute atomic E-state index is 12.8. The topological polar surface area (TPSA) is 79.9 Å². The highest BCUT2D eigenvalue weighted by Crippen LogP contribution is 2.33. The number of aromatic nitrogens is 3. The first-order chi connectivity index (χ1) is 13.1. The third-order valence-electron chi connectivity index (χ3n) is 4.52. The molecule has 2 heterocycles. The number of para-hydroxylation sites is 2. The molecule has 0 atom stereocenters. The molecule has 4 aromatic rings. The Labute approximate surface area is 155 Å². The first-order valence-electron chi connectivity index (χ1n) is 8.77. The van der Waals surface area contributed by atoms with Crippen LogP contribution in [0.25, 0.3) is 28.0 Å². The van der Waals surface area contributed by atoms with Crippen molar-refractivity contribution in [1.29, 1.82) is 0 Å². The van der Waals surface area contributed by atoms with Crippen LogP contribution in [0.4, 0.5) is 0 Å². The lowest BCUT2D eigenvalue weighted by atomic mass is 10.1. The van der Waals surface area contributed by atoms with E-state index in [1.54, 1.807) is 6.92 Å². The Kier molecular flexibility index (Phi) is 4.16. The first-order valence-corrected chi connectivity index (χ1v) is 8.77. The van der Waals surface area contributed by atoms with Crippen molar-refractivity contribution in [3.63, 3.8) is 0 Å². The molecule has 0 spiro atoms. The van der Waals surface area contributed by atoms with Gasteiger partial charge in [-0.15, -0.1) is 0 Å². The second-order valence-corrected chi connectivity index (χ2v) is 6.22. The van der Waals surface area contributed by atoms with Gasteiger partial charge in [-0.2, -0.15) is 0 Å². The van der Waals surface area contributed by atoms with Crippen LogP contribution in [0.15, 0.2) is 59.4 Å². The zero-order chi connectivity index (χ0) is 19.0. The Bertz CT molecular complexity index is 1180. The fraction of sp³-hybridized carbons (Fsp3) is 0.143. The van der Waals surface area contributed by atoms with Crippen molar-refractivity contribution in [3.05, 3.63) is 76.3 Å². The summed E-state index contributed by atoms with van der Waals surface area (Å²) in [5, 5.41) is 0. The number of rotatable bonds is 4. The number of aromatic amines is 2. The minimum absolute atomic E-state index is 0.256. The van der Waals surface area contributed by atoms with E-state index in [-0.39, 0.29) is 12.3 Å². The zero-order valence-electron chi connectivity index (χ0n) is 15.1. The van der Waals surface area contributed by atoms with Crippen LogP contribution in [0.1, 0.15) is 23.0 Å². The molecule has 4 rings (SSSR count). The van der Waals surface area contributed by atoms with Crippen LogP contribution in [0, 0.1) is 6.92 Å². The number of esters is 1. The highest BCUT2D eigenvalue weighted by molar-refractivity contribution is 5.99. The molecule has 6 heteroatoms. The smallest absolute Gasteiger partial charge is 0.342 e. The maximum Gasteiger partial charge on any atom is 0.342 e. The first kappa shape index (κ1) is 16.9. The predicted octanol–water partition coefficient (Wildman–Crippen LogP) is 3.80. The number of fused-ring (bicyclic) bond motifs is 1. The summed E-state index contributed by atoms with van der Waals surface area (Å²) in [6.07, 6.45) is 0. The molecular formula is C21H19N3O3. The summed E-state index contributed by atoms with van der Waals surface area (Å²) in [6, 6.07) is 17.0. The van der Waals surface area contributed by atoms with E-state index in [4.69, 9.17) is 4.74 Å². The number of aryl methyl sites for hydroxylation is 1. The molecule has 2 N–H and O–H groups in total. The van der Waals surface area contributed by atoms with Crippen LogP contribution in [-0.2, 0) is 4.74 Å². The van der Waals surface area contributed by atoms with Crippen LogP contribution in [-0.4, -0.2) is 27.1 Å². The Morgan fingerprint density at radius 2 is 1.74 bits per heavy atom. The molecular weight excluding hydrogens is 342 g/mol. The second kappa shape index (κ2) is 6.64. The van der Waals surface area contributed by atoms with E-state index in [2.05, 4.69) is 9.97 Å². The average molecular weight is 361 g/mol. The summed E-state index contributed by atoms with van der Waals surface area (Å²) < 4.78 is 6.80. The van der Waals surface area contributed by atoms with Gasteiger partial charge >= 0.3 is 11.7 Å². The lowest BCUT2D eigenvalue weighted by Crippen LogP contribution is -2.18. The van der Waals surface area contributed by atoms with Crippen molar-refractivity contribution in [3.8, 4) is 16.9 Å². The minimum atomic E-state index is -0.458. The largest absolute Gasteiger partial charge is 0.462 e. The van der Waals surface area contributed by atoms with Gasteiger partial charge in [0.25, 0.3) is 0 Å². The third-order valence-corrected chi connectivity index (χ3v) is 4.52. The Balaban J connectivity index is 2.10. The number of nitrogens with zero attached hydrogens (tertiary/aromatic N) is 1. The summed E-state index contributed by atoms with van der Waals surface area (Å²) in [7, 11) is 0. The summed E-state index contributed by atoms with van der Waals surface area (Å²) in [5.41, 5.74) is 4.19. The van der Waals surface area contributed by atoms with Gasteiger partial charge in [0.1, 0.15) is 5.56 Å². The van der Waals surface area contributed by atoms with Gasteiger partial charge < -0.3 is 14.7 Å². The van der Waals surface area contributed by atoms with E-state index < -0.39 is 5.97 Å². The molecule has 0 saturated carbocycles. The Morgan fingerprint density at radius 1 is 1.04 bits per heavy atom. The number of carbonyl (C=O) groups is 1. The van der Waals surface area contributed by atoms with Crippen LogP contribution < -0.4 is 5.69 Å². The van der Waals surface area contributed by atoms with Gasteiger partial charge in [-0.25, -0.2) is 9.59 Å². The molecule has 0 fully saturated rings. The van der Waals surface area contributed by atoms with Crippen LogP contribution in [0.3, 0.4) is 0 Å². The van der Waals surface area contributed by atoms with Gasteiger partial charge in [-0.1, -0.05) is 42.5 Å². The van der Waals surface area contributed by atoms with E-state index in [9.17, 15) is 9.59 Å². The van der Waals surface area contributed by atoms with Gasteiger partial charge in [0, 0.05) is 11.3 Å². The molecule has 6 nitrogen and oxygen atoms in total. The summed E-state index contributed by atoms with van der Waals surface area (Å²) in [6.45, 7) is 3.82. The minimum Gasteiger partial charge on any atom is -0.462 e. The molecule has 2 aromatic heterocycles. The third kappa shape index (κ3) is 2.75. The summed E-state index contributed by atoms with van der Waals surface area (Å²) in [5.74, 6) is -0.458. The van der Waals surface area contributed by atoms with Gasteiger partial charge in [-0.3, -0.25) is 4.57 Å². The number of hydrogen-bond acceptors (Lipinski definition) is 3. The number of carbonyl (C=O) groups excluding carboxylic acids is 1. The Morgan fingerprint density at radius 3 is 2.48 bits per heavy atom. The van der Waals surface area contributed by atoms with Crippen molar-refractivity contribution in [2.45, 2.75) is 13.8 Å². The summed E-state index contributed by atoms with van der Waals surface area (Å²) >= 11 is 0. The molecule has 0 aliphatic heterocycles. The summed E-state index contributed by atoms with van der Waals surface area (Å²) in [4.78, 5) is 31.6. The normalized spacial score (nSPS) is 11.0. The lowest BCUT2D eigenvalue weighted by Gasteiger charge is -2.09. The molecule has 0 aliphatic rings. The number of hydrogen-bond donors (Lipinski definition) is 2.